The number of nitrogens with two attached hydrogens (primary N) is 2. The number of hydrogen-bond acceptors (Lipinski definition) is 4. The summed E-state index contributed by atoms with van der Waals surface area (Å²) < 4.78 is 0.956. The van der Waals surface area contributed by atoms with E-state index in [9.17, 15) is 4.79 Å². The molecule has 1 fully saturated rings. The van der Waals surface area contributed by atoms with Crippen molar-refractivity contribution in [3.05, 3.63) is 106 Å². The summed E-state index contributed by atoms with van der Waals surface area (Å²) in [6.07, 6.45) is 2.79. The fourth-order valence-electron chi connectivity index (χ4n) is 5.21. The molecule has 3 aromatic carbocycles. The van der Waals surface area contributed by atoms with Crippen molar-refractivity contribution >= 4 is 27.8 Å². The largest absolute Gasteiger partial charge is 0.370 e. The van der Waals surface area contributed by atoms with Crippen LogP contribution in [0.15, 0.2) is 94.4 Å². The second-order valence-corrected chi connectivity index (χ2v) is 11.1. The van der Waals surface area contributed by atoms with Gasteiger partial charge in [0.15, 0.2) is 5.96 Å². The van der Waals surface area contributed by atoms with Crippen LogP contribution in [-0.2, 0) is 0 Å². The third-order valence-corrected chi connectivity index (χ3v) is 7.74. The zero-order chi connectivity index (χ0) is 27.5. The van der Waals surface area contributed by atoms with Crippen molar-refractivity contribution in [1.29, 1.82) is 0 Å². The van der Waals surface area contributed by atoms with E-state index in [0.29, 0.717) is 18.7 Å². The van der Waals surface area contributed by atoms with Crippen LogP contribution < -0.4 is 22.1 Å². The molecule has 3 aromatic rings. The van der Waals surface area contributed by atoms with Crippen LogP contribution in [0.3, 0.4) is 0 Å². The van der Waals surface area contributed by atoms with Crippen LogP contribution >= 0.6 is 15.9 Å². The van der Waals surface area contributed by atoms with Gasteiger partial charge in [0.2, 0.25) is 0 Å². The van der Waals surface area contributed by atoms with E-state index >= 15 is 0 Å². The Labute approximate surface area is 240 Å². The van der Waals surface area contributed by atoms with E-state index < -0.39 is 0 Å². The zero-order valence-corrected chi connectivity index (χ0v) is 23.9. The van der Waals surface area contributed by atoms with Gasteiger partial charge in [0.1, 0.15) is 0 Å². The highest BCUT2D eigenvalue weighted by molar-refractivity contribution is 9.10. The lowest BCUT2D eigenvalue weighted by molar-refractivity contribution is 0.0948. The van der Waals surface area contributed by atoms with Gasteiger partial charge in [-0.2, -0.15) is 0 Å². The number of nitrogens with one attached hydrogen (secondary N) is 2. The van der Waals surface area contributed by atoms with Gasteiger partial charge in [-0.15, -0.1) is 0 Å². The van der Waals surface area contributed by atoms with Crippen LogP contribution in [0.2, 0.25) is 0 Å². The van der Waals surface area contributed by atoms with Crippen LogP contribution in [0.1, 0.15) is 46.7 Å². The SMILES string of the molecule is NC(N)=NCCC[C@H]1CN(CC(c2ccccc2)c2ccccc2)CC[C@@H](CNC(=O)c2ccc(Br)cc2)N1. The van der Waals surface area contributed by atoms with Crippen molar-refractivity contribution in [2.75, 3.05) is 32.7 Å². The summed E-state index contributed by atoms with van der Waals surface area (Å²) in [7, 11) is 0. The Kier molecular flexibility index (Phi) is 10.9. The lowest BCUT2D eigenvalue weighted by atomic mass is 9.90. The van der Waals surface area contributed by atoms with E-state index in [-0.39, 0.29) is 29.9 Å². The molecule has 1 saturated heterocycles. The number of benzene rings is 3. The second kappa shape index (κ2) is 14.8. The summed E-state index contributed by atoms with van der Waals surface area (Å²) in [5.41, 5.74) is 14.4. The average Bonchev–Trinajstić information content (AvgIpc) is 3.15. The molecule has 1 heterocycles. The molecule has 1 aliphatic rings. The molecule has 2 atom stereocenters. The lowest BCUT2D eigenvalue weighted by Crippen LogP contribution is -2.46. The standard InChI is InChI=1S/C31H39BrN6O/c32-26-15-13-25(14-16-26)30(39)36-20-27-17-19-38(21-28(37-27)12-7-18-35-31(33)34)22-29(23-8-3-1-4-9-23)24-10-5-2-6-11-24/h1-6,8-11,13-16,27-29,37H,7,12,17-22H2,(H,36,39)(H4,33,34,35)/t27-,28-/m0/s1. The average molecular weight is 592 g/mol. The first kappa shape index (κ1) is 28.8. The van der Waals surface area contributed by atoms with Crippen LogP contribution in [0.5, 0.6) is 0 Å². The quantitative estimate of drug-likeness (QED) is 0.153. The minimum atomic E-state index is -0.0528. The molecule has 206 valence electrons. The number of carbonyl (C=O) groups is 1. The third-order valence-electron chi connectivity index (χ3n) is 7.21. The minimum Gasteiger partial charge on any atom is -0.370 e. The number of carbonyl (C=O) groups excluding carboxylic acids is 1. The highest BCUT2D eigenvalue weighted by Gasteiger charge is 2.26. The van der Waals surface area contributed by atoms with Gasteiger partial charge in [-0.3, -0.25) is 9.79 Å². The molecule has 8 heteroatoms. The fraction of sp³-hybridized carbons (Fsp3) is 0.355. The molecule has 1 aliphatic heterocycles. The first-order valence-corrected chi connectivity index (χ1v) is 14.4. The minimum absolute atomic E-state index is 0.0528. The van der Waals surface area contributed by atoms with Crippen LogP contribution in [0, 0.1) is 0 Å². The van der Waals surface area contributed by atoms with Crippen LogP contribution in [0.25, 0.3) is 0 Å². The highest BCUT2D eigenvalue weighted by atomic mass is 79.9. The molecule has 0 unspecified atom stereocenters. The Bertz CT molecular complexity index is 1150. The summed E-state index contributed by atoms with van der Waals surface area (Å²) >= 11 is 3.43. The molecule has 0 bridgehead atoms. The summed E-state index contributed by atoms with van der Waals surface area (Å²) in [5.74, 6) is 0.360. The Morgan fingerprint density at radius 2 is 1.62 bits per heavy atom. The number of amides is 1. The maximum Gasteiger partial charge on any atom is 0.251 e. The molecule has 0 aliphatic carbocycles. The van der Waals surface area contributed by atoms with Crippen molar-refractivity contribution in [2.24, 2.45) is 16.5 Å². The summed E-state index contributed by atoms with van der Waals surface area (Å²) in [4.78, 5) is 19.5. The first-order valence-electron chi connectivity index (χ1n) is 13.7. The maximum absolute atomic E-state index is 12.8. The molecular formula is C31H39BrN6O. The molecule has 39 heavy (non-hydrogen) atoms. The van der Waals surface area contributed by atoms with E-state index in [2.05, 4.69) is 97.1 Å². The molecule has 6 N–H and O–H groups in total. The molecule has 0 radical (unpaired) electrons. The van der Waals surface area contributed by atoms with Gasteiger partial charge < -0.3 is 27.0 Å². The van der Waals surface area contributed by atoms with E-state index in [1.807, 2.05) is 24.3 Å². The number of aliphatic imine (C=N–C) groups is 1. The number of rotatable bonds is 11. The maximum atomic E-state index is 12.8. The van der Waals surface area contributed by atoms with Gasteiger partial charge in [-0.05, 0) is 61.2 Å². The fourth-order valence-corrected chi connectivity index (χ4v) is 5.47. The van der Waals surface area contributed by atoms with Crippen molar-refractivity contribution in [1.82, 2.24) is 15.5 Å². The summed E-state index contributed by atoms with van der Waals surface area (Å²) in [5, 5.41) is 6.96. The second-order valence-electron chi connectivity index (χ2n) is 10.1. The van der Waals surface area contributed by atoms with Gasteiger partial charge in [-0.25, -0.2) is 0 Å². The smallest absolute Gasteiger partial charge is 0.251 e. The van der Waals surface area contributed by atoms with E-state index in [1.54, 1.807) is 0 Å². The first-order chi connectivity index (χ1) is 19.0. The molecule has 7 nitrogen and oxygen atoms in total. The van der Waals surface area contributed by atoms with Crippen LogP contribution in [0.4, 0.5) is 0 Å². The van der Waals surface area contributed by atoms with Crippen LogP contribution in [-0.4, -0.2) is 61.6 Å². The van der Waals surface area contributed by atoms with Crippen molar-refractivity contribution in [3.8, 4) is 0 Å². The Morgan fingerprint density at radius 1 is 0.974 bits per heavy atom. The third kappa shape index (κ3) is 9.20. The van der Waals surface area contributed by atoms with E-state index in [1.165, 1.54) is 11.1 Å². The molecule has 0 spiro atoms. The lowest BCUT2D eigenvalue weighted by Gasteiger charge is -2.29. The van der Waals surface area contributed by atoms with Crippen molar-refractivity contribution in [3.63, 3.8) is 0 Å². The zero-order valence-electron chi connectivity index (χ0n) is 22.3. The van der Waals surface area contributed by atoms with Gasteiger partial charge in [0.05, 0.1) is 0 Å². The number of hydrogen-bond donors (Lipinski definition) is 4. The predicted molar refractivity (Wildman–Crippen MR) is 163 cm³/mol. The topological polar surface area (TPSA) is 109 Å². The van der Waals surface area contributed by atoms with E-state index in [4.69, 9.17) is 11.5 Å². The molecular weight excluding hydrogens is 552 g/mol. The normalized spacial score (nSPS) is 17.9. The van der Waals surface area contributed by atoms with E-state index in [0.717, 1.165) is 43.4 Å². The van der Waals surface area contributed by atoms with Crippen molar-refractivity contribution < 1.29 is 4.79 Å². The predicted octanol–water partition coefficient (Wildman–Crippen LogP) is 4.10. The molecule has 0 saturated carbocycles. The number of nitrogens with zero attached hydrogens (tertiary/aromatic N) is 2. The van der Waals surface area contributed by atoms with Gasteiger partial charge >= 0.3 is 0 Å². The Balaban J connectivity index is 1.45. The Hall–Kier alpha value is -3.20. The number of halogens is 1. The monoisotopic (exact) mass is 590 g/mol. The van der Waals surface area contributed by atoms with Gasteiger partial charge in [0, 0.05) is 54.2 Å². The van der Waals surface area contributed by atoms with Crippen molar-refractivity contribution in [2.45, 2.75) is 37.3 Å². The summed E-state index contributed by atoms with van der Waals surface area (Å²) in [6.45, 7) is 4.00. The van der Waals surface area contributed by atoms with Gasteiger partial charge in [-0.1, -0.05) is 76.6 Å². The molecule has 4 rings (SSSR count). The van der Waals surface area contributed by atoms with Gasteiger partial charge in [0.25, 0.3) is 5.91 Å². The summed E-state index contributed by atoms with van der Waals surface area (Å²) in [6, 6.07) is 29.4. The molecule has 0 aromatic heterocycles. The highest BCUT2D eigenvalue weighted by Crippen LogP contribution is 2.26. The number of guanidine groups is 1. The Morgan fingerprint density at radius 3 is 2.23 bits per heavy atom. The molecule has 1 amide bonds.